The van der Waals surface area contributed by atoms with Gasteiger partial charge < -0.3 is 14.6 Å². The van der Waals surface area contributed by atoms with Gasteiger partial charge in [0.05, 0.1) is 6.54 Å². The molecule has 7 heteroatoms. The molecule has 0 aliphatic carbocycles. The summed E-state index contributed by atoms with van der Waals surface area (Å²) in [5.74, 6) is 0.204. The van der Waals surface area contributed by atoms with Gasteiger partial charge in [0.2, 0.25) is 0 Å². The lowest BCUT2D eigenvalue weighted by Gasteiger charge is -2.18. The van der Waals surface area contributed by atoms with Gasteiger partial charge in [-0.1, -0.05) is 17.7 Å². The van der Waals surface area contributed by atoms with E-state index < -0.39 is 0 Å². The van der Waals surface area contributed by atoms with Crippen LogP contribution in [0.1, 0.15) is 16.1 Å². The smallest absolute Gasteiger partial charge is 0.272 e. The number of halogens is 1. The quantitative estimate of drug-likeness (QED) is 0.649. The molecule has 0 fully saturated rings. The molecule has 0 atom stereocenters. The molecule has 0 aliphatic heterocycles. The number of H-pyrrole nitrogens is 1. The molecule has 5 nitrogen and oxygen atoms in total. The van der Waals surface area contributed by atoms with Crippen molar-refractivity contribution in [3.05, 3.63) is 76.6 Å². The lowest BCUT2D eigenvalue weighted by molar-refractivity contribution is 0.0766. The van der Waals surface area contributed by atoms with Gasteiger partial charge in [-0.2, -0.15) is 0 Å². The van der Waals surface area contributed by atoms with Crippen LogP contribution in [0.3, 0.4) is 0 Å². The molecule has 0 aliphatic rings. The summed E-state index contributed by atoms with van der Waals surface area (Å²) >= 11 is 5.27. The number of aromatic nitrogens is 2. The second-order valence-corrected chi connectivity index (χ2v) is 6.57. The van der Waals surface area contributed by atoms with Crippen LogP contribution in [-0.4, -0.2) is 40.6 Å². The second-order valence-electron chi connectivity index (χ2n) is 6.18. The second kappa shape index (κ2) is 8.18. The highest BCUT2D eigenvalue weighted by Gasteiger charge is 2.18. The van der Waals surface area contributed by atoms with E-state index in [4.69, 9.17) is 17.0 Å². The minimum absolute atomic E-state index is 0.209. The van der Waals surface area contributed by atoms with Gasteiger partial charge in [0, 0.05) is 18.9 Å². The Hall–Kier alpha value is -2.93. The third-order valence-corrected chi connectivity index (χ3v) is 4.44. The maximum atomic E-state index is 13.2. The Labute approximate surface area is 162 Å². The van der Waals surface area contributed by atoms with Crippen LogP contribution in [0.25, 0.3) is 5.69 Å². The number of aromatic amines is 1. The van der Waals surface area contributed by atoms with Crippen LogP contribution in [0.2, 0.25) is 0 Å². The normalized spacial score (nSPS) is 10.6. The number of carbonyl (C=O) groups excluding carboxylic acids is 1. The van der Waals surface area contributed by atoms with Gasteiger partial charge in [-0.25, -0.2) is 4.39 Å². The van der Waals surface area contributed by atoms with Crippen molar-refractivity contribution in [3.63, 3.8) is 0 Å². The minimum Gasteiger partial charge on any atom is -0.492 e. The highest BCUT2D eigenvalue weighted by atomic mass is 32.1. The largest absolute Gasteiger partial charge is 0.492 e. The van der Waals surface area contributed by atoms with E-state index in [1.807, 2.05) is 31.2 Å². The summed E-state index contributed by atoms with van der Waals surface area (Å²) in [7, 11) is 1.70. The van der Waals surface area contributed by atoms with Crippen molar-refractivity contribution >= 4 is 18.1 Å². The highest BCUT2D eigenvalue weighted by molar-refractivity contribution is 7.71. The first-order valence-corrected chi connectivity index (χ1v) is 8.88. The van der Waals surface area contributed by atoms with Gasteiger partial charge >= 0.3 is 0 Å². The molecule has 0 saturated carbocycles. The van der Waals surface area contributed by atoms with E-state index in [0.29, 0.717) is 29.3 Å². The number of amides is 1. The van der Waals surface area contributed by atoms with E-state index >= 15 is 0 Å². The first-order chi connectivity index (χ1) is 13.0. The van der Waals surface area contributed by atoms with E-state index in [1.165, 1.54) is 12.1 Å². The van der Waals surface area contributed by atoms with Crippen molar-refractivity contribution in [3.8, 4) is 11.4 Å². The molecule has 140 valence electrons. The number of carbonyl (C=O) groups is 1. The van der Waals surface area contributed by atoms with Gasteiger partial charge in [-0.3, -0.25) is 9.36 Å². The highest BCUT2D eigenvalue weighted by Crippen LogP contribution is 2.15. The van der Waals surface area contributed by atoms with Crippen LogP contribution in [0.4, 0.5) is 4.39 Å². The number of nitrogens with zero attached hydrogens (tertiary/aromatic N) is 2. The zero-order valence-electron chi connectivity index (χ0n) is 15.1. The van der Waals surface area contributed by atoms with Crippen molar-refractivity contribution in [1.82, 2.24) is 14.5 Å². The average molecular weight is 385 g/mol. The van der Waals surface area contributed by atoms with Crippen LogP contribution in [0.15, 0.2) is 54.7 Å². The van der Waals surface area contributed by atoms with Crippen LogP contribution < -0.4 is 4.74 Å². The summed E-state index contributed by atoms with van der Waals surface area (Å²) in [6.45, 7) is 2.79. The van der Waals surface area contributed by atoms with Crippen LogP contribution in [0, 0.1) is 17.5 Å². The third kappa shape index (κ3) is 4.43. The molecule has 0 saturated heterocycles. The molecule has 3 rings (SSSR count). The Morgan fingerprint density at radius 3 is 2.52 bits per heavy atom. The lowest BCUT2D eigenvalue weighted by atomic mass is 10.2. The lowest BCUT2D eigenvalue weighted by Crippen LogP contribution is -2.32. The zero-order chi connectivity index (χ0) is 19.4. The van der Waals surface area contributed by atoms with Gasteiger partial charge in [0.25, 0.3) is 5.91 Å². The maximum absolute atomic E-state index is 13.2. The number of likely N-dealkylation sites (N-methyl/N-ethyl adjacent to an activating group) is 1. The molecular formula is C20H20FN3O2S. The number of hydrogen-bond acceptors (Lipinski definition) is 3. The van der Waals surface area contributed by atoms with Crippen LogP contribution in [0.5, 0.6) is 5.75 Å². The molecule has 1 N–H and O–H groups in total. The minimum atomic E-state index is -0.348. The van der Waals surface area contributed by atoms with E-state index in [1.54, 1.807) is 34.8 Å². The first-order valence-electron chi connectivity index (χ1n) is 8.47. The van der Waals surface area contributed by atoms with Gasteiger partial charge in [0.1, 0.15) is 23.9 Å². The Morgan fingerprint density at radius 1 is 1.19 bits per heavy atom. The third-order valence-electron chi connectivity index (χ3n) is 4.14. The van der Waals surface area contributed by atoms with Gasteiger partial charge in [-0.15, -0.1) is 0 Å². The standard InChI is InChI=1S/C20H20FN3O2S/c1-14-3-9-17(10-4-14)26-12-11-23(2)19(25)18-13-22-20(27)24(18)16-7-5-15(21)6-8-16/h3-10,13H,11-12H2,1-2H3,(H,22,27). The fourth-order valence-corrected chi connectivity index (χ4v) is 2.87. The Bertz CT molecular complexity index is 978. The number of ether oxygens (including phenoxy) is 1. The molecule has 0 radical (unpaired) electrons. The van der Waals surface area contributed by atoms with Crippen molar-refractivity contribution in [1.29, 1.82) is 0 Å². The fraction of sp³-hybridized carbons (Fsp3) is 0.200. The number of benzene rings is 2. The first kappa shape index (κ1) is 18.8. The van der Waals surface area contributed by atoms with Crippen molar-refractivity contribution < 1.29 is 13.9 Å². The molecule has 27 heavy (non-hydrogen) atoms. The van der Waals surface area contributed by atoms with E-state index in [2.05, 4.69) is 4.98 Å². The molecule has 1 amide bonds. The summed E-state index contributed by atoms with van der Waals surface area (Å²) in [5, 5.41) is 0. The SMILES string of the molecule is Cc1ccc(OCCN(C)C(=O)c2c[nH]c(=S)n2-c2ccc(F)cc2)cc1. The molecule has 0 unspecified atom stereocenters. The summed E-state index contributed by atoms with van der Waals surface area (Å²) in [6.07, 6.45) is 1.56. The molecule has 0 spiro atoms. The molecule has 0 bridgehead atoms. The predicted octanol–water partition coefficient (Wildman–Crippen LogP) is 4.13. The Kier molecular flexibility index (Phi) is 5.71. The number of imidazole rings is 1. The molecule has 3 aromatic rings. The van der Waals surface area contributed by atoms with Crippen molar-refractivity contribution in [2.45, 2.75) is 6.92 Å². The van der Waals surface area contributed by atoms with Gasteiger partial charge in [0.15, 0.2) is 4.77 Å². The van der Waals surface area contributed by atoms with E-state index in [0.717, 1.165) is 11.3 Å². The zero-order valence-corrected chi connectivity index (χ0v) is 15.9. The molecular weight excluding hydrogens is 365 g/mol. The van der Waals surface area contributed by atoms with Gasteiger partial charge in [-0.05, 0) is 55.5 Å². The Morgan fingerprint density at radius 2 is 1.85 bits per heavy atom. The van der Waals surface area contributed by atoms with E-state index in [-0.39, 0.29) is 11.7 Å². The summed E-state index contributed by atoms with van der Waals surface area (Å²) in [6, 6.07) is 13.6. The molecule has 1 heterocycles. The summed E-state index contributed by atoms with van der Waals surface area (Å²) < 4.78 is 20.8. The molecule has 1 aromatic heterocycles. The number of rotatable bonds is 6. The molecule has 2 aromatic carbocycles. The number of hydrogen-bond donors (Lipinski definition) is 1. The van der Waals surface area contributed by atoms with Crippen molar-refractivity contribution in [2.75, 3.05) is 20.2 Å². The maximum Gasteiger partial charge on any atom is 0.272 e. The predicted molar refractivity (Wildman–Crippen MR) is 105 cm³/mol. The summed E-state index contributed by atoms with van der Waals surface area (Å²) in [4.78, 5) is 17.3. The number of aryl methyl sites for hydroxylation is 1. The van der Waals surface area contributed by atoms with Crippen molar-refractivity contribution in [2.24, 2.45) is 0 Å². The average Bonchev–Trinajstić information content (AvgIpc) is 3.05. The van der Waals surface area contributed by atoms with Crippen LogP contribution in [-0.2, 0) is 0 Å². The number of nitrogens with one attached hydrogen (secondary N) is 1. The van der Waals surface area contributed by atoms with Crippen LogP contribution >= 0.6 is 12.2 Å². The topological polar surface area (TPSA) is 50.3 Å². The van der Waals surface area contributed by atoms with E-state index in [9.17, 15) is 9.18 Å². The monoisotopic (exact) mass is 385 g/mol. The Balaban J connectivity index is 1.69. The fourth-order valence-electron chi connectivity index (χ4n) is 2.60. The summed E-state index contributed by atoms with van der Waals surface area (Å²) in [5.41, 5.74) is 2.16.